The molecule has 0 N–H and O–H groups in total. The zero-order valence-corrected chi connectivity index (χ0v) is 11.9. The van der Waals surface area contributed by atoms with Crippen molar-refractivity contribution < 1.29 is 0 Å². The third-order valence-corrected chi connectivity index (χ3v) is 3.58. The summed E-state index contributed by atoms with van der Waals surface area (Å²) in [7, 11) is 0. The van der Waals surface area contributed by atoms with Crippen LogP contribution in [0.2, 0.25) is 5.02 Å². The van der Waals surface area contributed by atoms with Crippen molar-refractivity contribution in [3.8, 4) is 22.4 Å². The highest BCUT2D eigenvalue weighted by Crippen LogP contribution is 2.30. The predicted octanol–water partition coefficient (Wildman–Crippen LogP) is 5.38. The van der Waals surface area contributed by atoms with Gasteiger partial charge in [-0.2, -0.15) is 0 Å². The van der Waals surface area contributed by atoms with Crippen LogP contribution in [-0.2, 0) is 0 Å². The molecule has 0 bridgehead atoms. The van der Waals surface area contributed by atoms with E-state index in [9.17, 15) is 0 Å². The predicted molar refractivity (Wildman–Crippen MR) is 84.9 cm³/mol. The first-order valence-electron chi connectivity index (χ1n) is 6.52. The first kappa shape index (κ1) is 12.9. The van der Waals surface area contributed by atoms with Crippen LogP contribution in [0.1, 0.15) is 5.56 Å². The fourth-order valence-electron chi connectivity index (χ4n) is 2.18. The lowest BCUT2D eigenvalue weighted by Gasteiger charge is -2.07. The zero-order chi connectivity index (χ0) is 13.9. The summed E-state index contributed by atoms with van der Waals surface area (Å²) in [6, 6.07) is 20.3. The molecule has 2 aromatic carbocycles. The van der Waals surface area contributed by atoms with Gasteiger partial charge in [0.2, 0.25) is 0 Å². The first-order chi connectivity index (χ1) is 9.74. The minimum atomic E-state index is 0.765. The van der Waals surface area contributed by atoms with E-state index >= 15 is 0 Å². The summed E-state index contributed by atoms with van der Waals surface area (Å²) >= 11 is 6.26. The van der Waals surface area contributed by atoms with Gasteiger partial charge in [-0.1, -0.05) is 54.1 Å². The number of benzene rings is 2. The molecule has 0 atom stereocenters. The average Bonchev–Trinajstić information content (AvgIpc) is 2.49. The van der Waals surface area contributed by atoms with Crippen molar-refractivity contribution in [2.45, 2.75) is 6.92 Å². The van der Waals surface area contributed by atoms with Gasteiger partial charge in [-0.15, -0.1) is 0 Å². The van der Waals surface area contributed by atoms with Gasteiger partial charge in [0.15, 0.2) is 0 Å². The molecule has 0 fully saturated rings. The van der Waals surface area contributed by atoms with Crippen molar-refractivity contribution in [1.82, 2.24) is 4.98 Å². The van der Waals surface area contributed by atoms with E-state index < -0.39 is 0 Å². The van der Waals surface area contributed by atoms with Gasteiger partial charge in [-0.25, -0.2) is 0 Å². The van der Waals surface area contributed by atoms with Crippen LogP contribution in [-0.4, -0.2) is 4.98 Å². The molecule has 0 aliphatic carbocycles. The maximum atomic E-state index is 6.26. The molecule has 2 heteroatoms. The van der Waals surface area contributed by atoms with Crippen LogP contribution in [0.4, 0.5) is 0 Å². The Kier molecular flexibility index (Phi) is 3.53. The molecule has 0 unspecified atom stereocenters. The minimum absolute atomic E-state index is 0.765. The Bertz CT molecular complexity index is 732. The summed E-state index contributed by atoms with van der Waals surface area (Å²) in [6.07, 6.45) is 1.89. The molecular weight excluding hydrogens is 266 g/mol. The topological polar surface area (TPSA) is 12.9 Å². The molecular formula is C18H14ClN. The number of aromatic nitrogens is 1. The fourth-order valence-corrected chi connectivity index (χ4v) is 2.42. The fraction of sp³-hybridized carbons (Fsp3) is 0.0556. The third kappa shape index (κ3) is 2.59. The van der Waals surface area contributed by atoms with E-state index in [1.165, 1.54) is 0 Å². The van der Waals surface area contributed by atoms with Gasteiger partial charge >= 0.3 is 0 Å². The number of halogens is 1. The van der Waals surface area contributed by atoms with Gasteiger partial charge < -0.3 is 0 Å². The molecule has 98 valence electrons. The number of pyridine rings is 1. The van der Waals surface area contributed by atoms with E-state index in [4.69, 9.17) is 11.6 Å². The molecule has 0 aliphatic heterocycles. The van der Waals surface area contributed by atoms with Gasteiger partial charge in [0, 0.05) is 22.3 Å². The Labute approximate surface area is 123 Å². The van der Waals surface area contributed by atoms with Gasteiger partial charge in [0.1, 0.15) is 0 Å². The van der Waals surface area contributed by atoms with Gasteiger partial charge in [0.05, 0.1) is 5.69 Å². The number of hydrogen-bond acceptors (Lipinski definition) is 1. The molecule has 20 heavy (non-hydrogen) atoms. The Morgan fingerprint density at radius 1 is 0.850 bits per heavy atom. The normalized spacial score (nSPS) is 10.5. The lowest BCUT2D eigenvalue weighted by atomic mass is 10.0. The molecule has 0 amide bonds. The lowest BCUT2D eigenvalue weighted by molar-refractivity contribution is 1.27. The molecule has 0 saturated heterocycles. The van der Waals surface area contributed by atoms with Crippen molar-refractivity contribution in [3.63, 3.8) is 0 Å². The minimum Gasteiger partial charge on any atom is -0.256 e. The Morgan fingerprint density at radius 3 is 2.40 bits per heavy atom. The van der Waals surface area contributed by atoms with Crippen LogP contribution in [0.25, 0.3) is 22.4 Å². The SMILES string of the molecule is Cc1ccc(-c2cccc(-c3ccccc3Cl)c2)nc1. The lowest BCUT2D eigenvalue weighted by Crippen LogP contribution is -1.85. The molecule has 0 radical (unpaired) electrons. The van der Waals surface area contributed by atoms with Crippen molar-refractivity contribution in [2.24, 2.45) is 0 Å². The molecule has 0 spiro atoms. The van der Waals surface area contributed by atoms with Crippen molar-refractivity contribution in [3.05, 3.63) is 77.4 Å². The highest BCUT2D eigenvalue weighted by molar-refractivity contribution is 6.33. The summed E-state index contributed by atoms with van der Waals surface area (Å²) < 4.78 is 0. The third-order valence-electron chi connectivity index (χ3n) is 3.25. The summed E-state index contributed by atoms with van der Waals surface area (Å²) in [4.78, 5) is 4.47. The summed E-state index contributed by atoms with van der Waals surface area (Å²) in [5, 5.41) is 0.765. The smallest absolute Gasteiger partial charge is 0.0702 e. The summed E-state index contributed by atoms with van der Waals surface area (Å²) in [6.45, 7) is 2.04. The summed E-state index contributed by atoms with van der Waals surface area (Å²) in [5.74, 6) is 0. The quantitative estimate of drug-likeness (QED) is 0.614. The number of rotatable bonds is 2. The van der Waals surface area contributed by atoms with E-state index in [1.807, 2.05) is 49.5 Å². The monoisotopic (exact) mass is 279 g/mol. The average molecular weight is 280 g/mol. The van der Waals surface area contributed by atoms with E-state index in [-0.39, 0.29) is 0 Å². The Morgan fingerprint density at radius 2 is 1.65 bits per heavy atom. The van der Waals surface area contributed by atoms with Crippen LogP contribution in [0, 0.1) is 6.92 Å². The van der Waals surface area contributed by atoms with Crippen LogP contribution in [0.15, 0.2) is 66.9 Å². The molecule has 0 aliphatic rings. The highest BCUT2D eigenvalue weighted by atomic mass is 35.5. The van der Waals surface area contributed by atoms with E-state index in [0.29, 0.717) is 0 Å². The van der Waals surface area contributed by atoms with E-state index in [0.717, 1.165) is 33.0 Å². The first-order valence-corrected chi connectivity index (χ1v) is 6.90. The zero-order valence-electron chi connectivity index (χ0n) is 11.2. The molecule has 1 aromatic heterocycles. The molecule has 0 saturated carbocycles. The Balaban J connectivity index is 2.06. The highest BCUT2D eigenvalue weighted by Gasteiger charge is 2.05. The number of nitrogens with zero attached hydrogens (tertiary/aromatic N) is 1. The second kappa shape index (κ2) is 5.48. The Hall–Kier alpha value is -2.12. The second-order valence-electron chi connectivity index (χ2n) is 4.78. The maximum Gasteiger partial charge on any atom is 0.0702 e. The number of aryl methyl sites for hydroxylation is 1. The molecule has 3 aromatic rings. The standard InChI is InChI=1S/C18H14ClN/c1-13-9-10-18(20-12-13)15-6-4-5-14(11-15)16-7-2-3-8-17(16)19/h2-12H,1H3. The van der Waals surface area contributed by atoms with Crippen LogP contribution in [0.5, 0.6) is 0 Å². The van der Waals surface area contributed by atoms with E-state index in [1.54, 1.807) is 0 Å². The van der Waals surface area contributed by atoms with Crippen molar-refractivity contribution >= 4 is 11.6 Å². The van der Waals surface area contributed by atoms with Crippen LogP contribution < -0.4 is 0 Å². The molecule has 3 rings (SSSR count). The van der Waals surface area contributed by atoms with Gasteiger partial charge in [0.25, 0.3) is 0 Å². The van der Waals surface area contributed by atoms with Gasteiger partial charge in [-0.3, -0.25) is 4.98 Å². The summed E-state index contributed by atoms with van der Waals surface area (Å²) in [5.41, 5.74) is 5.39. The van der Waals surface area contributed by atoms with Crippen molar-refractivity contribution in [2.75, 3.05) is 0 Å². The number of hydrogen-bond donors (Lipinski definition) is 0. The van der Waals surface area contributed by atoms with E-state index in [2.05, 4.69) is 29.2 Å². The largest absolute Gasteiger partial charge is 0.256 e. The van der Waals surface area contributed by atoms with Gasteiger partial charge in [-0.05, 0) is 36.2 Å². The van der Waals surface area contributed by atoms with Crippen LogP contribution >= 0.6 is 11.6 Å². The molecule has 1 nitrogen and oxygen atoms in total. The van der Waals surface area contributed by atoms with Crippen LogP contribution in [0.3, 0.4) is 0 Å². The second-order valence-corrected chi connectivity index (χ2v) is 5.19. The molecule has 1 heterocycles. The maximum absolute atomic E-state index is 6.26. The van der Waals surface area contributed by atoms with Crippen molar-refractivity contribution in [1.29, 1.82) is 0 Å².